The molecule has 1 aromatic carbocycles. The Morgan fingerprint density at radius 2 is 2.19 bits per heavy atom. The Hall–Kier alpha value is -1.26. The predicted molar refractivity (Wildman–Crippen MR) is 87.9 cm³/mol. The molecular formula is C16H24ClN3O. The monoisotopic (exact) mass is 309 g/mol. The zero-order valence-electron chi connectivity index (χ0n) is 13.0. The van der Waals surface area contributed by atoms with E-state index in [1.165, 1.54) is 0 Å². The van der Waals surface area contributed by atoms with Crippen LogP contribution in [0, 0.1) is 0 Å². The van der Waals surface area contributed by atoms with Crippen molar-refractivity contribution in [2.24, 2.45) is 0 Å². The molecule has 116 valence electrons. The van der Waals surface area contributed by atoms with Crippen LogP contribution in [0.5, 0.6) is 0 Å². The number of carbonyl (C=O) groups excluding carboxylic acids is 1. The van der Waals surface area contributed by atoms with E-state index in [9.17, 15) is 4.79 Å². The molecule has 1 fully saturated rings. The lowest BCUT2D eigenvalue weighted by Crippen LogP contribution is -2.62. The molecule has 1 heterocycles. The highest BCUT2D eigenvalue weighted by atomic mass is 35.5. The average Bonchev–Trinajstić information content (AvgIpc) is 2.43. The lowest BCUT2D eigenvalue weighted by molar-refractivity contribution is -0.126. The summed E-state index contributed by atoms with van der Waals surface area (Å²) in [4.78, 5) is 14.1. The Bertz CT molecular complexity index is 516. The zero-order valence-corrected chi connectivity index (χ0v) is 13.8. The molecule has 2 N–H and O–H groups in total. The van der Waals surface area contributed by atoms with E-state index >= 15 is 0 Å². The molecule has 0 atom stereocenters. The van der Waals surface area contributed by atoms with E-state index in [1.54, 1.807) is 0 Å². The number of rotatable bonds is 5. The minimum Gasteiger partial charge on any atom is -0.355 e. The molecule has 4 nitrogen and oxygen atoms in total. The molecule has 0 bridgehead atoms. The van der Waals surface area contributed by atoms with Gasteiger partial charge in [0.2, 0.25) is 5.91 Å². The number of nitrogens with one attached hydrogen (secondary N) is 2. The Morgan fingerprint density at radius 1 is 1.43 bits per heavy atom. The number of anilines is 1. The summed E-state index contributed by atoms with van der Waals surface area (Å²) in [5, 5.41) is 6.97. The number of hydrogen-bond acceptors (Lipinski definition) is 3. The SMILES string of the molecule is CCCNCc1ccc(N2CCNC(=O)C2(C)C)c(Cl)c1. The van der Waals surface area contributed by atoms with Gasteiger partial charge in [-0.15, -0.1) is 0 Å². The van der Waals surface area contributed by atoms with Crippen molar-refractivity contribution < 1.29 is 4.79 Å². The average molecular weight is 310 g/mol. The smallest absolute Gasteiger partial charge is 0.245 e. The maximum absolute atomic E-state index is 12.0. The fraction of sp³-hybridized carbons (Fsp3) is 0.562. The van der Waals surface area contributed by atoms with E-state index in [0.29, 0.717) is 11.6 Å². The molecule has 0 saturated carbocycles. The first-order valence-corrected chi connectivity index (χ1v) is 7.89. The quantitative estimate of drug-likeness (QED) is 0.822. The van der Waals surface area contributed by atoms with E-state index in [2.05, 4.69) is 28.5 Å². The van der Waals surface area contributed by atoms with Gasteiger partial charge in [-0.2, -0.15) is 0 Å². The van der Waals surface area contributed by atoms with Crippen LogP contribution in [0.25, 0.3) is 0 Å². The Balaban J connectivity index is 2.18. The largest absolute Gasteiger partial charge is 0.355 e. The van der Waals surface area contributed by atoms with Gasteiger partial charge in [0.05, 0.1) is 10.7 Å². The third-order valence-corrected chi connectivity index (χ3v) is 4.21. The molecule has 5 heteroatoms. The van der Waals surface area contributed by atoms with Gasteiger partial charge in [-0.3, -0.25) is 4.79 Å². The minimum absolute atomic E-state index is 0.0403. The van der Waals surface area contributed by atoms with Gasteiger partial charge in [-0.1, -0.05) is 24.6 Å². The predicted octanol–water partition coefficient (Wildman–Crippen LogP) is 2.55. The lowest BCUT2D eigenvalue weighted by Gasteiger charge is -2.43. The normalized spacial score (nSPS) is 17.7. The molecule has 0 unspecified atom stereocenters. The van der Waals surface area contributed by atoms with Gasteiger partial charge in [-0.25, -0.2) is 0 Å². The van der Waals surface area contributed by atoms with E-state index in [1.807, 2.05) is 26.0 Å². The molecule has 0 radical (unpaired) electrons. The van der Waals surface area contributed by atoms with Gasteiger partial charge in [0, 0.05) is 19.6 Å². The van der Waals surface area contributed by atoms with Crippen molar-refractivity contribution in [1.29, 1.82) is 0 Å². The number of hydrogen-bond donors (Lipinski definition) is 2. The van der Waals surface area contributed by atoms with Crippen LogP contribution in [0.15, 0.2) is 18.2 Å². The standard InChI is InChI=1S/C16H24ClN3O/c1-4-7-18-11-12-5-6-14(13(17)10-12)20-9-8-19-15(21)16(20,2)3/h5-6,10,18H,4,7-9,11H2,1-3H3,(H,19,21). The highest BCUT2D eigenvalue weighted by molar-refractivity contribution is 6.33. The number of amides is 1. The molecule has 1 aromatic rings. The lowest BCUT2D eigenvalue weighted by atomic mass is 9.97. The molecule has 1 aliphatic heterocycles. The summed E-state index contributed by atoms with van der Waals surface area (Å²) in [6.07, 6.45) is 1.11. The summed E-state index contributed by atoms with van der Waals surface area (Å²) in [6, 6.07) is 6.08. The maximum atomic E-state index is 12.0. The van der Waals surface area contributed by atoms with Crippen molar-refractivity contribution in [2.45, 2.75) is 39.3 Å². The van der Waals surface area contributed by atoms with Crippen LogP contribution in [0.1, 0.15) is 32.8 Å². The molecule has 0 aromatic heterocycles. The topological polar surface area (TPSA) is 44.4 Å². The number of piperazine rings is 1. The second kappa shape index (κ2) is 6.67. The summed E-state index contributed by atoms with van der Waals surface area (Å²) in [7, 11) is 0. The fourth-order valence-corrected chi connectivity index (χ4v) is 2.92. The molecule has 21 heavy (non-hydrogen) atoms. The van der Waals surface area contributed by atoms with E-state index in [4.69, 9.17) is 11.6 Å². The number of benzene rings is 1. The Labute approximate surface area is 131 Å². The van der Waals surface area contributed by atoms with Gasteiger partial charge in [-0.05, 0) is 44.5 Å². The first-order chi connectivity index (χ1) is 9.96. The van der Waals surface area contributed by atoms with Crippen molar-refractivity contribution in [3.8, 4) is 0 Å². The van der Waals surface area contributed by atoms with E-state index < -0.39 is 5.54 Å². The van der Waals surface area contributed by atoms with Crippen molar-refractivity contribution in [1.82, 2.24) is 10.6 Å². The molecular weight excluding hydrogens is 286 g/mol. The molecule has 1 saturated heterocycles. The fourth-order valence-electron chi connectivity index (χ4n) is 2.61. The summed E-state index contributed by atoms with van der Waals surface area (Å²) in [5.74, 6) is 0.0403. The Morgan fingerprint density at radius 3 is 2.86 bits per heavy atom. The summed E-state index contributed by atoms with van der Waals surface area (Å²) < 4.78 is 0. The molecule has 1 aliphatic rings. The van der Waals surface area contributed by atoms with Crippen molar-refractivity contribution in [3.05, 3.63) is 28.8 Å². The summed E-state index contributed by atoms with van der Waals surface area (Å²) in [6.45, 7) is 9.23. The second-order valence-electron chi connectivity index (χ2n) is 5.93. The van der Waals surface area contributed by atoms with Crippen molar-refractivity contribution in [2.75, 3.05) is 24.5 Å². The van der Waals surface area contributed by atoms with Crippen LogP contribution in [-0.2, 0) is 11.3 Å². The van der Waals surface area contributed by atoms with Crippen LogP contribution in [0.4, 0.5) is 5.69 Å². The third-order valence-electron chi connectivity index (χ3n) is 3.91. The van der Waals surface area contributed by atoms with Crippen LogP contribution in [-0.4, -0.2) is 31.1 Å². The maximum Gasteiger partial charge on any atom is 0.245 e. The van der Waals surface area contributed by atoms with Crippen molar-refractivity contribution >= 4 is 23.2 Å². The highest BCUT2D eigenvalue weighted by Gasteiger charge is 2.38. The van der Waals surface area contributed by atoms with Crippen molar-refractivity contribution in [3.63, 3.8) is 0 Å². The molecule has 2 rings (SSSR count). The molecule has 1 amide bonds. The first kappa shape index (κ1) is 16.1. The van der Waals surface area contributed by atoms with Crippen LogP contribution >= 0.6 is 11.6 Å². The van der Waals surface area contributed by atoms with Gasteiger partial charge < -0.3 is 15.5 Å². The summed E-state index contributed by atoms with van der Waals surface area (Å²) >= 11 is 6.45. The number of halogens is 1. The van der Waals surface area contributed by atoms with E-state index in [-0.39, 0.29) is 5.91 Å². The van der Waals surface area contributed by atoms with Crippen LogP contribution in [0.3, 0.4) is 0 Å². The van der Waals surface area contributed by atoms with Gasteiger partial charge in [0.25, 0.3) is 0 Å². The van der Waals surface area contributed by atoms with Gasteiger partial charge in [0.15, 0.2) is 0 Å². The number of nitrogens with zero attached hydrogens (tertiary/aromatic N) is 1. The molecule has 0 spiro atoms. The zero-order chi connectivity index (χ0) is 15.5. The molecule has 0 aliphatic carbocycles. The van der Waals surface area contributed by atoms with Crippen LogP contribution < -0.4 is 15.5 Å². The van der Waals surface area contributed by atoms with Gasteiger partial charge in [0.1, 0.15) is 5.54 Å². The van der Waals surface area contributed by atoms with Crippen LogP contribution in [0.2, 0.25) is 5.02 Å². The third kappa shape index (κ3) is 3.50. The summed E-state index contributed by atoms with van der Waals surface area (Å²) in [5.41, 5.74) is 1.51. The number of carbonyl (C=O) groups is 1. The second-order valence-corrected chi connectivity index (χ2v) is 6.34. The minimum atomic E-state index is -0.579. The van der Waals surface area contributed by atoms with Gasteiger partial charge >= 0.3 is 0 Å². The first-order valence-electron chi connectivity index (χ1n) is 7.52. The van der Waals surface area contributed by atoms with E-state index in [0.717, 1.165) is 37.3 Å². The highest BCUT2D eigenvalue weighted by Crippen LogP contribution is 2.33. The Kier molecular flexibility index (Phi) is 5.12.